The van der Waals surface area contributed by atoms with Crippen LogP contribution in [0.25, 0.3) is 17.1 Å². The van der Waals surface area contributed by atoms with Crippen LogP contribution < -0.4 is 5.73 Å². The highest BCUT2D eigenvalue weighted by atomic mass is 32.2. The maximum absolute atomic E-state index is 11.4. The zero-order chi connectivity index (χ0) is 17.1. The van der Waals surface area contributed by atoms with Crippen LogP contribution in [-0.2, 0) is 4.79 Å². The zero-order valence-electron chi connectivity index (χ0n) is 13.4. The smallest absolute Gasteiger partial charge is 0.230 e. The average molecular weight is 339 g/mol. The summed E-state index contributed by atoms with van der Waals surface area (Å²) in [6.07, 6.45) is 3.42. The Balaban J connectivity index is 2.12. The summed E-state index contributed by atoms with van der Waals surface area (Å²) in [5.41, 5.74) is 8.38. The lowest BCUT2D eigenvalue weighted by molar-refractivity contribution is -0.117. The molecule has 6 nitrogen and oxygen atoms in total. The van der Waals surface area contributed by atoms with Crippen LogP contribution in [0.5, 0.6) is 0 Å². The van der Waals surface area contributed by atoms with Crippen LogP contribution in [0.1, 0.15) is 12.5 Å². The molecule has 1 amide bonds. The fourth-order valence-electron chi connectivity index (χ4n) is 2.18. The summed E-state index contributed by atoms with van der Waals surface area (Å²) in [6.45, 7) is 3.79. The van der Waals surface area contributed by atoms with Crippen LogP contribution in [0.3, 0.4) is 0 Å². The van der Waals surface area contributed by atoms with E-state index in [9.17, 15) is 4.79 Å². The predicted octanol–water partition coefficient (Wildman–Crippen LogP) is 2.60. The van der Waals surface area contributed by atoms with Gasteiger partial charge in [0.25, 0.3) is 0 Å². The molecule has 2 N–H and O–H groups in total. The van der Waals surface area contributed by atoms with E-state index >= 15 is 0 Å². The highest BCUT2D eigenvalue weighted by molar-refractivity contribution is 8.00. The van der Waals surface area contributed by atoms with Gasteiger partial charge in [0.1, 0.15) is 0 Å². The molecule has 7 heteroatoms. The maximum atomic E-state index is 11.4. The fourth-order valence-corrected chi connectivity index (χ4v) is 2.99. The third-order valence-electron chi connectivity index (χ3n) is 3.55. The molecule has 3 aromatic rings. The van der Waals surface area contributed by atoms with Crippen molar-refractivity contribution in [3.63, 3.8) is 0 Å². The highest BCUT2D eigenvalue weighted by Crippen LogP contribution is 2.29. The number of thioether (sulfide) groups is 1. The van der Waals surface area contributed by atoms with Crippen molar-refractivity contribution in [1.29, 1.82) is 0 Å². The first kappa shape index (κ1) is 16.2. The standard InChI is InChI=1S/C17H17N5OS/c1-11-3-5-14(6-4-11)22-16(13-7-9-19-10-8-13)20-21-17(22)24-12(2)15(18)23/h3-10,12H,1-2H3,(H2,18,23). The number of carbonyl (C=O) groups excluding carboxylic acids is 1. The van der Waals surface area contributed by atoms with Gasteiger partial charge >= 0.3 is 0 Å². The molecule has 2 aromatic heterocycles. The van der Waals surface area contributed by atoms with Crippen LogP contribution in [0, 0.1) is 6.92 Å². The lowest BCUT2D eigenvalue weighted by atomic mass is 10.2. The van der Waals surface area contributed by atoms with E-state index in [2.05, 4.69) is 15.2 Å². The van der Waals surface area contributed by atoms with Gasteiger partial charge in [-0.1, -0.05) is 29.5 Å². The minimum Gasteiger partial charge on any atom is -0.369 e. The van der Waals surface area contributed by atoms with Crippen LogP contribution in [0.15, 0.2) is 53.9 Å². The van der Waals surface area contributed by atoms with Gasteiger partial charge < -0.3 is 5.73 Å². The van der Waals surface area contributed by atoms with E-state index < -0.39 is 5.25 Å². The number of primary amides is 1. The number of aryl methyl sites for hydroxylation is 1. The first-order chi connectivity index (χ1) is 11.6. The largest absolute Gasteiger partial charge is 0.369 e. The van der Waals surface area contributed by atoms with Crippen molar-refractivity contribution in [1.82, 2.24) is 19.7 Å². The van der Waals surface area contributed by atoms with E-state index in [-0.39, 0.29) is 5.91 Å². The number of nitrogens with zero attached hydrogens (tertiary/aromatic N) is 4. The minimum atomic E-state index is -0.399. The van der Waals surface area contributed by atoms with Gasteiger partial charge in [-0.25, -0.2) is 0 Å². The van der Waals surface area contributed by atoms with Gasteiger partial charge in [0.15, 0.2) is 11.0 Å². The number of amides is 1. The number of carbonyl (C=O) groups is 1. The molecule has 0 fully saturated rings. The summed E-state index contributed by atoms with van der Waals surface area (Å²) in [5.74, 6) is 0.310. The molecule has 3 rings (SSSR count). The van der Waals surface area contributed by atoms with E-state index in [0.717, 1.165) is 16.8 Å². The summed E-state index contributed by atoms with van der Waals surface area (Å²) in [6, 6.07) is 11.8. The molecule has 122 valence electrons. The molecular weight excluding hydrogens is 322 g/mol. The van der Waals surface area contributed by atoms with Gasteiger partial charge in [-0.3, -0.25) is 14.3 Å². The van der Waals surface area contributed by atoms with E-state index in [1.165, 1.54) is 11.8 Å². The van der Waals surface area contributed by atoms with E-state index in [0.29, 0.717) is 11.0 Å². The number of pyridine rings is 1. The molecule has 0 bridgehead atoms. The van der Waals surface area contributed by atoms with Crippen molar-refractivity contribution < 1.29 is 4.79 Å². The van der Waals surface area contributed by atoms with Crippen molar-refractivity contribution in [2.45, 2.75) is 24.3 Å². The summed E-state index contributed by atoms with van der Waals surface area (Å²) in [4.78, 5) is 15.4. The second-order valence-electron chi connectivity index (χ2n) is 5.38. The lowest BCUT2D eigenvalue weighted by Crippen LogP contribution is -2.23. The van der Waals surface area contributed by atoms with Crippen molar-refractivity contribution in [3.05, 3.63) is 54.4 Å². The third kappa shape index (κ3) is 3.30. The Morgan fingerprint density at radius 3 is 2.42 bits per heavy atom. The highest BCUT2D eigenvalue weighted by Gasteiger charge is 2.20. The first-order valence-corrected chi connectivity index (χ1v) is 8.33. The van der Waals surface area contributed by atoms with Crippen LogP contribution in [-0.4, -0.2) is 30.9 Å². The quantitative estimate of drug-likeness (QED) is 0.722. The Labute approximate surface area is 144 Å². The first-order valence-electron chi connectivity index (χ1n) is 7.45. The molecule has 1 atom stereocenters. The molecule has 24 heavy (non-hydrogen) atoms. The Morgan fingerprint density at radius 2 is 1.79 bits per heavy atom. The normalized spacial score (nSPS) is 12.1. The molecule has 0 spiro atoms. The number of nitrogens with two attached hydrogens (primary N) is 1. The van der Waals surface area contributed by atoms with E-state index in [1.54, 1.807) is 19.3 Å². The van der Waals surface area contributed by atoms with Gasteiger partial charge in [-0.2, -0.15) is 0 Å². The number of aromatic nitrogens is 4. The van der Waals surface area contributed by atoms with Crippen molar-refractivity contribution in [2.75, 3.05) is 0 Å². The summed E-state index contributed by atoms with van der Waals surface area (Å²) >= 11 is 1.29. The molecule has 2 heterocycles. The average Bonchev–Trinajstić information content (AvgIpc) is 3.00. The van der Waals surface area contributed by atoms with Crippen LogP contribution >= 0.6 is 11.8 Å². The summed E-state index contributed by atoms with van der Waals surface area (Å²) in [5, 5.41) is 8.79. The molecule has 1 unspecified atom stereocenters. The predicted molar refractivity (Wildman–Crippen MR) is 93.8 cm³/mol. The Kier molecular flexibility index (Phi) is 4.61. The SMILES string of the molecule is Cc1ccc(-n2c(SC(C)C(N)=O)nnc2-c2ccncc2)cc1. The molecule has 0 aliphatic rings. The van der Waals surface area contributed by atoms with Crippen molar-refractivity contribution >= 4 is 17.7 Å². The molecule has 0 saturated carbocycles. The van der Waals surface area contributed by atoms with Gasteiger partial charge in [0.2, 0.25) is 5.91 Å². The molecule has 0 radical (unpaired) electrons. The fraction of sp³-hybridized carbons (Fsp3) is 0.176. The summed E-state index contributed by atoms with van der Waals surface area (Å²) < 4.78 is 1.93. The van der Waals surface area contributed by atoms with Crippen molar-refractivity contribution in [3.8, 4) is 17.1 Å². The number of hydrogen-bond donors (Lipinski definition) is 1. The van der Waals surface area contributed by atoms with Gasteiger partial charge in [0.05, 0.1) is 5.25 Å². The monoisotopic (exact) mass is 339 g/mol. The molecule has 0 aliphatic carbocycles. The molecule has 0 aliphatic heterocycles. The molecule has 1 aromatic carbocycles. The second-order valence-corrected chi connectivity index (χ2v) is 6.68. The molecule has 0 saturated heterocycles. The topological polar surface area (TPSA) is 86.7 Å². The number of hydrogen-bond acceptors (Lipinski definition) is 5. The van der Waals surface area contributed by atoms with Crippen LogP contribution in [0.2, 0.25) is 0 Å². The Morgan fingerprint density at radius 1 is 1.12 bits per heavy atom. The van der Waals surface area contributed by atoms with E-state index in [4.69, 9.17) is 5.73 Å². The van der Waals surface area contributed by atoms with Gasteiger partial charge in [-0.15, -0.1) is 10.2 Å². The Bertz CT molecular complexity index is 845. The minimum absolute atomic E-state index is 0.385. The van der Waals surface area contributed by atoms with Gasteiger partial charge in [-0.05, 0) is 38.1 Å². The maximum Gasteiger partial charge on any atom is 0.230 e. The van der Waals surface area contributed by atoms with E-state index in [1.807, 2.05) is 47.9 Å². The third-order valence-corrected chi connectivity index (χ3v) is 4.61. The van der Waals surface area contributed by atoms with Gasteiger partial charge in [0, 0.05) is 23.6 Å². The summed E-state index contributed by atoms with van der Waals surface area (Å²) in [7, 11) is 0. The zero-order valence-corrected chi connectivity index (χ0v) is 14.2. The molecular formula is C17H17N5OS. The second kappa shape index (κ2) is 6.84. The van der Waals surface area contributed by atoms with Crippen molar-refractivity contribution in [2.24, 2.45) is 5.73 Å². The lowest BCUT2D eigenvalue weighted by Gasteiger charge is -2.12. The number of rotatable bonds is 5. The Hall–Kier alpha value is -2.67. The van der Waals surface area contributed by atoms with Crippen LogP contribution in [0.4, 0.5) is 0 Å². The number of benzene rings is 1.